The van der Waals surface area contributed by atoms with Gasteiger partial charge in [0.1, 0.15) is 59.1 Å². The van der Waals surface area contributed by atoms with Gasteiger partial charge in [0.05, 0.1) is 13.0 Å². The third kappa shape index (κ3) is 5.81. The maximum Gasteiger partial charge on any atom is 0.304 e. The highest BCUT2D eigenvalue weighted by Crippen LogP contribution is 2.44. The van der Waals surface area contributed by atoms with Crippen molar-refractivity contribution in [2.75, 3.05) is 6.61 Å². The van der Waals surface area contributed by atoms with Gasteiger partial charge < -0.3 is 55.8 Å². The summed E-state index contributed by atoms with van der Waals surface area (Å²) in [7, 11) is 0. The summed E-state index contributed by atoms with van der Waals surface area (Å²) in [4.78, 5) is 39.8. The number of aromatic hydroxyl groups is 2. The second-order valence-corrected chi connectivity index (χ2v) is 10.4. The van der Waals surface area contributed by atoms with Crippen LogP contribution in [0.5, 0.6) is 11.5 Å². The van der Waals surface area contributed by atoms with Gasteiger partial charge >= 0.3 is 5.97 Å². The lowest BCUT2D eigenvalue weighted by atomic mass is 9.67. The molecule has 0 aromatic heterocycles. The molecule has 1 heterocycles. The van der Waals surface area contributed by atoms with E-state index in [1.54, 1.807) is 0 Å². The molecule has 0 spiro atoms. The SMILES string of the molecule is O=C(O)CC(C1=C(O)/C(=C(O)\C=C\c2ccc(O)cc2)C(=O)C(O)(C2OC(CO)C(O)C(O)C2O)C1=O)c1ccc(O)cc1. The van der Waals surface area contributed by atoms with Crippen molar-refractivity contribution in [2.45, 2.75) is 48.5 Å². The van der Waals surface area contributed by atoms with Crippen LogP contribution in [0.4, 0.5) is 0 Å². The summed E-state index contributed by atoms with van der Waals surface area (Å²) in [5, 5.41) is 104. The summed E-state index contributed by atoms with van der Waals surface area (Å²) in [5.41, 5.74) is -5.11. The molecule has 2 aliphatic rings. The molecule has 7 atom stereocenters. The average Bonchev–Trinajstić information content (AvgIpc) is 2.98. The quantitative estimate of drug-likeness (QED) is 0.104. The lowest BCUT2D eigenvalue weighted by Crippen LogP contribution is -2.71. The number of rotatable bonds is 8. The fourth-order valence-corrected chi connectivity index (χ4v) is 5.23. The Hall–Kier alpha value is -4.57. The van der Waals surface area contributed by atoms with Gasteiger partial charge in [-0.3, -0.25) is 14.4 Å². The van der Waals surface area contributed by atoms with Crippen LogP contribution < -0.4 is 0 Å². The molecule has 0 saturated carbocycles. The number of aliphatic hydroxyl groups is 7. The molecule has 14 heteroatoms. The van der Waals surface area contributed by atoms with E-state index in [-0.39, 0.29) is 17.1 Å². The second-order valence-electron chi connectivity index (χ2n) is 10.4. The number of carbonyl (C=O) groups is 3. The maximum absolute atomic E-state index is 14.1. The maximum atomic E-state index is 14.1. The third-order valence-corrected chi connectivity index (χ3v) is 7.57. The highest BCUT2D eigenvalue weighted by molar-refractivity contribution is 6.28. The van der Waals surface area contributed by atoms with E-state index < -0.39 is 95.3 Å². The zero-order valence-corrected chi connectivity index (χ0v) is 22.8. The van der Waals surface area contributed by atoms with Crippen LogP contribution in [0.15, 0.2) is 77.3 Å². The molecule has 44 heavy (non-hydrogen) atoms. The third-order valence-electron chi connectivity index (χ3n) is 7.57. The van der Waals surface area contributed by atoms with E-state index in [2.05, 4.69) is 0 Å². The van der Waals surface area contributed by atoms with Crippen LogP contribution in [-0.4, -0.2) is 111 Å². The molecule has 10 N–H and O–H groups in total. The topological polar surface area (TPSA) is 263 Å². The molecule has 1 aliphatic heterocycles. The Morgan fingerprint density at radius 1 is 0.864 bits per heavy atom. The second kappa shape index (κ2) is 12.6. The Labute approximate surface area is 249 Å². The standard InChI is InChI=1S/C30H30O14/c31-12-19-23(37)25(39)26(40)29(44-19)30(43)27(41)21(17(11-20(35)36)14-4-8-16(33)9-5-14)24(38)22(28(30)42)18(34)10-3-13-1-6-15(32)7-2-13/h1-10,17,19,23,25-26,29,31-34,37-40,43H,11-12H2,(H,35,36)/b10-3+,22-18-. The summed E-state index contributed by atoms with van der Waals surface area (Å²) in [5.74, 6) is -9.00. The molecule has 14 nitrogen and oxygen atoms in total. The number of aliphatic carboxylic acids is 1. The van der Waals surface area contributed by atoms with Crippen molar-refractivity contribution in [3.8, 4) is 11.5 Å². The molecule has 0 bridgehead atoms. The Kier molecular flexibility index (Phi) is 9.25. The Morgan fingerprint density at radius 2 is 1.43 bits per heavy atom. The highest BCUT2D eigenvalue weighted by Gasteiger charge is 2.64. The van der Waals surface area contributed by atoms with Gasteiger partial charge in [-0.2, -0.15) is 0 Å². The average molecular weight is 615 g/mol. The molecular weight excluding hydrogens is 584 g/mol. The Morgan fingerprint density at radius 3 is 1.98 bits per heavy atom. The van der Waals surface area contributed by atoms with Crippen molar-refractivity contribution in [3.05, 3.63) is 88.4 Å². The van der Waals surface area contributed by atoms with E-state index in [9.17, 15) is 65.4 Å². The van der Waals surface area contributed by atoms with Gasteiger partial charge in [-0.05, 0) is 41.5 Å². The van der Waals surface area contributed by atoms with Gasteiger partial charge in [0.25, 0.3) is 0 Å². The predicted molar refractivity (Wildman–Crippen MR) is 148 cm³/mol. The number of hydrogen-bond acceptors (Lipinski definition) is 13. The summed E-state index contributed by atoms with van der Waals surface area (Å²) in [6, 6.07) is 10.2. The molecule has 0 amide bonds. The Bertz CT molecular complexity index is 1520. The van der Waals surface area contributed by atoms with Gasteiger partial charge in [-0.1, -0.05) is 30.3 Å². The van der Waals surface area contributed by atoms with Gasteiger partial charge in [-0.25, -0.2) is 0 Å². The number of carboxylic acids is 1. The minimum absolute atomic E-state index is 0.0177. The van der Waals surface area contributed by atoms with Crippen molar-refractivity contribution < 1.29 is 70.2 Å². The van der Waals surface area contributed by atoms with Gasteiger partial charge in [0.15, 0.2) is 0 Å². The Balaban J connectivity index is 1.98. The van der Waals surface area contributed by atoms with Crippen molar-refractivity contribution in [1.82, 2.24) is 0 Å². The predicted octanol–water partition coefficient (Wildman–Crippen LogP) is -0.281. The molecule has 4 rings (SSSR count). The number of carbonyl (C=O) groups excluding carboxylic acids is 2. The first-order valence-corrected chi connectivity index (χ1v) is 13.2. The van der Waals surface area contributed by atoms with Gasteiger partial charge in [0, 0.05) is 11.5 Å². The lowest BCUT2D eigenvalue weighted by molar-refractivity contribution is -0.260. The minimum Gasteiger partial charge on any atom is -0.508 e. The van der Waals surface area contributed by atoms with Gasteiger partial charge in [-0.15, -0.1) is 0 Å². The van der Waals surface area contributed by atoms with Crippen LogP contribution in [0, 0.1) is 0 Å². The summed E-state index contributed by atoms with van der Waals surface area (Å²) in [6.45, 7) is -0.994. The molecule has 1 aliphatic carbocycles. The van der Waals surface area contributed by atoms with Gasteiger partial charge in [0.2, 0.25) is 17.2 Å². The fourth-order valence-electron chi connectivity index (χ4n) is 5.23. The smallest absolute Gasteiger partial charge is 0.304 e. The molecule has 234 valence electrons. The van der Waals surface area contributed by atoms with E-state index in [0.717, 1.165) is 18.2 Å². The van der Waals surface area contributed by atoms with E-state index >= 15 is 0 Å². The summed E-state index contributed by atoms with van der Waals surface area (Å²) in [6.07, 6.45) is -9.28. The molecule has 1 fully saturated rings. The highest BCUT2D eigenvalue weighted by atomic mass is 16.6. The van der Waals surface area contributed by atoms with Crippen molar-refractivity contribution in [1.29, 1.82) is 0 Å². The van der Waals surface area contributed by atoms with Crippen LogP contribution in [0.3, 0.4) is 0 Å². The first-order chi connectivity index (χ1) is 20.7. The number of ketones is 2. The first-order valence-electron chi connectivity index (χ1n) is 13.2. The van der Waals surface area contributed by atoms with Crippen molar-refractivity contribution in [2.24, 2.45) is 0 Å². The number of phenolic OH excluding ortho intramolecular Hbond substituents is 2. The van der Waals surface area contributed by atoms with Crippen molar-refractivity contribution in [3.63, 3.8) is 0 Å². The van der Waals surface area contributed by atoms with E-state index in [0.29, 0.717) is 5.56 Å². The molecule has 2 aromatic rings. The summed E-state index contributed by atoms with van der Waals surface area (Å²) >= 11 is 0. The van der Waals surface area contributed by atoms with Crippen LogP contribution in [-0.2, 0) is 19.1 Å². The molecule has 0 radical (unpaired) electrons. The molecule has 1 saturated heterocycles. The van der Waals surface area contributed by atoms with E-state index in [1.807, 2.05) is 0 Å². The molecule has 2 aromatic carbocycles. The van der Waals surface area contributed by atoms with Crippen LogP contribution in [0.2, 0.25) is 0 Å². The van der Waals surface area contributed by atoms with Crippen LogP contribution >= 0.6 is 0 Å². The van der Waals surface area contributed by atoms with Crippen LogP contribution in [0.25, 0.3) is 6.08 Å². The summed E-state index contributed by atoms with van der Waals surface area (Å²) < 4.78 is 5.35. The number of benzene rings is 2. The number of hydrogen-bond donors (Lipinski definition) is 10. The fraction of sp³-hybridized carbons (Fsp3) is 0.300. The first kappa shape index (κ1) is 32.3. The molecular formula is C30H30O14. The minimum atomic E-state index is -3.54. The zero-order chi connectivity index (χ0) is 32.5. The number of carboxylic acid groups (broad SMARTS) is 1. The number of allylic oxidation sites excluding steroid dienone is 2. The van der Waals surface area contributed by atoms with E-state index in [1.165, 1.54) is 42.5 Å². The lowest BCUT2D eigenvalue weighted by Gasteiger charge is -2.47. The number of aliphatic hydroxyl groups excluding tert-OH is 6. The molecule has 7 unspecified atom stereocenters. The van der Waals surface area contributed by atoms with Crippen LogP contribution in [0.1, 0.15) is 23.5 Å². The normalized spacial score (nSPS) is 29.6. The number of Topliss-reactive ketones (excluding diaryl/α,β-unsaturated/α-hetero) is 2. The zero-order valence-electron chi connectivity index (χ0n) is 22.8. The van der Waals surface area contributed by atoms with Crippen molar-refractivity contribution >= 4 is 23.6 Å². The largest absolute Gasteiger partial charge is 0.508 e. The monoisotopic (exact) mass is 614 g/mol. The number of ether oxygens (including phenoxy) is 1. The van der Waals surface area contributed by atoms with E-state index in [4.69, 9.17) is 4.74 Å². The number of phenols is 2.